The van der Waals surface area contributed by atoms with Crippen LogP contribution < -0.4 is 10.2 Å². The van der Waals surface area contributed by atoms with Gasteiger partial charge in [0, 0.05) is 18.4 Å². The lowest BCUT2D eigenvalue weighted by Crippen LogP contribution is -2.31. The average Bonchev–Trinajstić information content (AvgIpc) is 3.13. The van der Waals surface area contributed by atoms with Gasteiger partial charge in [-0.25, -0.2) is 18.6 Å². The quantitative estimate of drug-likeness (QED) is 0.482. The molecular formula is C22H17F2N3O2. The lowest BCUT2D eigenvalue weighted by molar-refractivity contribution is 0.258. The van der Waals surface area contributed by atoms with Gasteiger partial charge in [0.2, 0.25) is 5.89 Å². The second-order valence-electron chi connectivity index (χ2n) is 6.60. The maximum absolute atomic E-state index is 14.0. The number of nitrogens with zero attached hydrogens (tertiary/aromatic N) is 2. The molecule has 0 radical (unpaired) electrons. The molecule has 5 nitrogen and oxygen atoms in total. The normalized spacial score (nSPS) is 10.9. The highest BCUT2D eigenvalue weighted by Crippen LogP contribution is 2.28. The Morgan fingerprint density at radius 3 is 2.59 bits per heavy atom. The van der Waals surface area contributed by atoms with Crippen LogP contribution in [0.4, 0.5) is 25.0 Å². The average molecular weight is 393 g/mol. The smallest absolute Gasteiger partial charge is 0.326 e. The van der Waals surface area contributed by atoms with Crippen LogP contribution in [0.2, 0.25) is 0 Å². The molecule has 0 aliphatic heterocycles. The number of aromatic nitrogens is 1. The highest BCUT2D eigenvalue weighted by atomic mass is 19.1. The monoisotopic (exact) mass is 393 g/mol. The van der Waals surface area contributed by atoms with Crippen molar-refractivity contribution in [3.63, 3.8) is 0 Å². The third-order valence-electron chi connectivity index (χ3n) is 4.59. The summed E-state index contributed by atoms with van der Waals surface area (Å²) >= 11 is 0. The van der Waals surface area contributed by atoms with E-state index < -0.39 is 11.8 Å². The zero-order valence-electron chi connectivity index (χ0n) is 15.7. The summed E-state index contributed by atoms with van der Waals surface area (Å²) in [4.78, 5) is 18.1. The van der Waals surface area contributed by atoms with E-state index in [0.717, 1.165) is 0 Å². The highest BCUT2D eigenvalue weighted by molar-refractivity contribution is 6.02. The number of halogens is 2. The number of anilines is 2. The topological polar surface area (TPSA) is 58.4 Å². The van der Waals surface area contributed by atoms with Crippen LogP contribution in [0, 0.1) is 18.6 Å². The maximum Gasteiger partial charge on any atom is 0.326 e. The molecule has 146 valence electrons. The highest BCUT2D eigenvalue weighted by Gasteiger charge is 2.15. The Hall–Kier alpha value is -3.74. The number of fused-ring (bicyclic) bond motifs is 1. The fourth-order valence-electron chi connectivity index (χ4n) is 2.87. The second-order valence-corrected chi connectivity index (χ2v) is 6.60. The number of aryl methyl sites for hydroxylation is 1. The number of amides is 2. The van der Waals surface area contributed by atoms with E-state index in [4.69, 9.17) is 4.42 Å². The van der Waals surface area contributed by atoms with Gasteiger partial charge in [0.25, 0.3) is 0 Å². The minimum atomic E-state index is -0.439. The molecule has 0 bridgehead atoms. The maximum atomic E-state index is 14.0. The van der Waals surface area contributed by atoms with Crippen molar-refractivity contribution in [3.05, 3.63) is 77.9 Å². The minimum absolute atomic E-state index is 0.161. The van der Waals surface area contributed by atoms with Gasteiger partial charge in [-0.15, -0.1) is 0 Å². The SMILES string of the molecule is Cc1ccc(N(C)C(=O)Nc2ccc3oc(-c4ccccc4F)nc3c2)cc1F. The molecule has 7 heteroatoms. The first kappa shape index (κ1) is 18.6. The molecule has 0 aliphatic carbocycles. The van der Waals surface area contributed by atoms with Crippen LogP contribution in [0.5, 0.6) is 0 Å². The number of hydrogen-bond donors (Lipinski definition) is 1. The van der Waals surface area contributed by atoms with Crippen LogP contribution >= 0.6 is 0 Å². The number of carbonyl (C=O) groups excluding carboxylic acids is 1. The predicted octanol–water partition coefficient (Wildman–Crippen LogP) is 5.75. The van der Waals surface area contributed by atoms with Gasteiger partial charge in [0.15, 0.2) is 5.58 Å². The van der Waals surface area contributed by atoms with Crippen molar-refractivity contribution in [1.82, 2.24) is 4.98 Å². The number of rotatable bonds is 3. The molecule has 4 rings (SSSR count). The Morgan fingerprint density at radius 1 is 1.03 bits per heavy atom. The molecule has 3 aromatic carbocycles. The van der Waals surface area contributed by atoms with Crippen molar-refractivity contribution in [1.29, 1.82) is 0 Å². The molecule has 0 aliphatic rings. The second kappa shape index (κ2) is 7.35. The first-order valence-electron chi connectivity index (χ1n) is 8.89. The molecule has 0 saturated carbocycles. The molecule has 0 spiro atoms. The summed E-state index contributed by atoms with van der Waals surface area (Å²) in [6.45, 7) is 1.65. The third-order valence-corrected chi connectivity index (χ3v) is 4.59. The molecule has 1 aromatic heterocycles. The summed E-state index contributed by atoms with van der Waals surface area (Å²) in [7, 11) is 1.55. The number of benzene rings is 3. The molecule has 0 saturated heterocycles. The van der Waals surface area contributed by atoms with E-state index in [0.29, 0.717) is 28.0 Å². The molecule has 0 fully saturated rings. The molecule has 2 amide bonds. The lowest BCUT2D eigenvalue weighted by atomic mass is 10.2. The molecular weight excluding hydrogens is 376 g/mol. The zero-order chi connectivity index (χ0) is 20.5. The van der Waals surface area contributed by atoms with Gasteiger partial charge < -0.3 is 9.73 Å². The summed E-state index contributed by atoms with van der Waals surface area (Å²) in [5.74, 6) is -0.653. The van der Waals surface area contributed by atoms with Gasteiger partial charge >= 0.3 is 6.03 Å². The number of nitrogens with one attached hydrogen (secondary N) is 1. The predicted molar refractivity (Wildman–Crippen MR) is 108 cm³/mol. The van der Waals surface area contributed by atoms with E-state index in [1.54, 1.807) is 62.5 Å². The molecule has 0 unspecified atom stereocenters. The van der Waals surface area contributed by atoms with E-state index in [1.165, 1.54) is 17.0 Å². The van der Waals surface area contributed by atoms with Crippen molar-refractivity contribution >= 4 is 28.5 Å². The summed E-state index contributed by atoms with van der Waals surface area (Å²) in [5, 5.41) is 2.74. The van der Waals surface area contributed by atoms with Gasteiger partial charge in [0.1, 0.15) is 17.2 Å². The Bertz CT molecular complexity index is 1220. The van der Waals surface area contributed by atoms with E-state index in [1.807, 2.05) is 0 Å². The van der Waals surface area contributed by atoms with E-state index in [2.05, 4.69) is 10.3 Å². The molecule has 4 aromatic rings. The summed E-state index contributed by atoms with van der Waals surface area (Å²) in [6.07, 6.45) is 0. The van der Waals surface area contributed by atoms with Crippen molar-refractivity contribution in [2.24, 2.45) is 0 Å². The zero-order valence-corrected chi connectivity index (χ0v) is 15.7. The molecule has 1 heterocycles. The Morgan fingerprint density at radius 2 is 1.83 bits per heavy atom. The Kier molecular flexibility index (Phi) is 4.72. The fourth-order valence-corrected chi connectivity index (χ4v) is 2.87. The van der Waals surface area contributed by atoms with Gasteiger partial charge in [-0.3, -0.25) is 4.90 Å². The van der Waals surface area contributed by atoms with Crippen LogP contribution in [0.15, 0.2) is 65.1 Å². The lowest BCUT2D eigenvalue weighted by Gasteiger charge is -2.18. The van der Waals surface area contributed by atoms with Gasteiger partial charge in [-0.05, 0) is 55.0 Å². The summed E-state index contributed by atoms with van der Waals surface area (Å²) in [6, 6.07) is 15.3. The van der Waals surface area contributed by atoms with Crippen LogP contribution in [-0.2, 0) is 0 Å². The summed E-state index contributed by atoms with van der Waals surface area (Å²) in [5.41, 5.74) is 2.62. The number of urea groups is 1. The first-order valence-corrected chi connectivity index (χ1v) is 8.89. The van der Waals surface area contributed by atoms with Crippen LogP contribution in [0.25, 0.3) is 22.6 Å². The summed E-state index contributed by atoms with van der Waals surface area (Å²) < 4.78 is 33.4. The van der Waals surface area contributed by atoms with Crippen molar-refractivity contribution < 1.29 is 18.0 Å². The number of hydrogen-bond acceptors (Lipinski definition) is 3. The number of oxazole rings is 1. The largest absolute Gasteiger partial charge is 0.436 e. The third kappa shape index (κ3) is 3.67. The molecule has 29 heavy (non-hydrogen) atoms. The van der Waals surface area contributed by atoms with E-state index in [-0.39, 0.29) is 17.3 Å². The standard InChI is InChI=1S/C22H17F2N3O2/c1-13-7-9-15(12-18(13)24)27(2)22(28)25-14-8-10-20-19(11-14)26-21(29-20)16-5-3-4-6-17(16)23/h3-12H,1-2H3,(H,25,28). The number of carbonyl (C=O) groups is 1. The molecule has 1 N–H and O–H groups in total. The van der Waals surface area contributed by atoms with Crippen LogP contribution in [-0.4, -0.2) is 18.1 Å². The van der Waals surface area contributed by atoms with Gasteiger partial charge in [-0.2, -0.15) is 0 Å². The van der Waals surface area contributed by atoms with Crippen molar-refractivity contribution in [2.75, 3.05) is 17.3 Å². The van der Waals surface area contributed by atoms with Gasteiger partial charge in [0.05, 0.1) is 5.56 Å². The van der Waals surface area contributed by atoms with E-state index in [9.17, 15) is 13.6 Å². The fraction of sp³-hybridized carbons (Fsp3) is 0.0909. The minimum Gasteiger partial charge on any atom is -0.436 e. The van der Waals surface area contributed by atoms with Crippen molar-refractivity contribution in [3.8, 4) is 11.5 Å². The molecule has 0 atom stereocenters. The van der Waals surface area contributed by atoms with Crippen LogP contribution in [0.1, 0.15) is 5.56 Å². The Labute approximate surface area is 165 Å². The van der Waals surface area contributed by atoms with Crippen molar-refractivity contribution in [2.45, 2.75) is 6.92 Å². The Balaban J connectivity index is 1.57. The van der Waals surface area contributed by atoms with Gasteiger partial charge in [-0.1, -0.05) is 18.2 Å². The first-order chi connectivity index (χ1) is 13.9. The van der Waals surface area contributed by atoms with Crippen LogP contribution in [0.3, 0.4) is 0 Å². The van der Waals surface area contributed by atoms with E-state index >= 15 is 0 Å².